The van der Waals surface area contributed by atoms with Crippen molar-refractivity contribution >= 4 is 12.0 Å². The van der Waals surface area contributed by atoms with E-state index in [0.717, 1.165) is 0 Å². The fourth-order valence-electron chi connectivity index (χ4n) is 1.87. The number of carbonyl (C=O) groups is 2. The van der Waals surface area contributed by atoms with E-state index in [1.807, 2.05) is 27.7 Å². The molecule has 0 bridgehead atoms. The van der Waals surface area contributed by atoms with Crippen LogP contribution in [0.5, 0.6) is 0 Å². The Kier molecular flexibility index (Phi) is 9.80. The summed E-state index contributed by atoms with van der Waals surface area (Å²) in [5.41, 5.74) is 0. The zero-order chi connectivity index (χ0) is 15.5. The van der Waals surface area contributed by atoms with Gasteiger partial charge in [0.25, 0.3) is 0 Å². The largest absolute Gasteiger partial charge is 0.481 e. The summed E-state index contributed by atoms with van der Waals surface area (Å²) < 4.78 is 5.28. The summed E-state index contributed by atoms with van der Waals surface area (Å²) in [6.45, 7) is 10.5. The fourth-order valence-corrected chi connectivity index (χ4v) is 1.87. The first kappa shape index (κ1) is 18.7. The van der Waals surface area contributed by atoms with Crippen LogP contribution < -0.4 is 0 Å². The number of rotatable bonds is 10. The van der Waals surface area contributed by atoms with Crippen molar-refractivity contribution in [2.75, 3.05) is 32.8 Å². The quantitative estimate of drug-likeness (QED) is 0.625. The molecule has 0 fully saturated rings. The van der Waals surface area contributed by atoms with E-state index < -0.39 is 5.97 Å². The molecular weight excluding hydrogens is 260 g/mol. The molecule has 20 heavy (non-hydrogen) atoms. The molecule has 0 aromatic heterocycles. The number of carboxylic acid groups (broad SMARTS) is 1. The third-order valence-corrected chi connectivity index (χ3v) is 3.02. The third kappa shape index (κ3) is 7.33. The SMILES string of the molecule is CCOCCN(CC)C(=O)N(CCCC(=O)O)C(C)C. The van der Waals surface area contributed by atoms with Crippen molar-refractivity contribution in [1.29, 1.82) is 0 Å². The average Bonchev–Trinajstić information content (AvgIpc) is 2.38. The smallest absolute Gasteiger partial charge is 0.320 e. The molecule has 2 amide bonds. The minimum Gasteiger partial charge on any atom is -0.481 e. The highest BCUT2D eigenvalue weighted by Crippen LogP contribution is 2.07. The summed E-state index contributed by atoms with van der Waals surface area (Å²) >= 11 is 0. The van der Waals surface area contributed by atoms with Crippen LogP contribution in [0.3, 0.4) is 0 Å². The van der Waals surface area contributed by atoms with Crippen LogP contribution >= 0.6 is 0 Å². The van der Waals surface area contributed by atoms with Crippen molar-refractivity contribution in [2.24, 2.45) is 0 Å². The molecule has 0 aliphatic rings. The van der Waals surface area contributed by atoms with Gasteiger partial charge in [0, 0.05) is 38.7 Å². The van der Waals surface area contributed by atoms with Crippen LogP contribution in [0.4, 0.5) is 4.79 Å². The number of hydrogen-bond donors (Lipinski definition) is 1. The molecule has 118 valence electrons. The van der Waals surface area contributed by atoms with Crippen LogP contribution in [-0.2, 0) is 9.53 Å². The number of nitrogens with zero attached hydrogens (tertiary/aromatic N) is 2. The van der Waals surface area contributed by atoms with Crippen molar-refractivity contribution in [3.63, 3.8) is 0 Å². The van der Waals surface area contributed by atoms with E-state index in [4.69, 9.17) is 9.84 Å². The number of hydrogen-bond acceptors (Lipinski definition) is 3. The molecule has 0 heterocycles. The van der Waals surface area contributed by atoms with Crippen molar-refractivity contribution < 1.29 is 19.4 Å². The Morgan fingerprint density at radius 3 is 2.30 bits per heavy atom. The maximum atomic E-state index is 12.4. The minimum atomic E-state index is -0.829. The topological polar surface area (TPSA) is 70.1 Å². The number of likely N-dealkylation sites (N-methyl/N-ethyl adjacent to an activating group) is 1. The molecule has 1 N–H and O–H groups in total. The Labute approximate surface area is 121 Å². The summed E-state index contributed by atoms with van der Waals surface area (Å²) in [4.78, 5) is 26.4. The lowest BCUT2D eigenvalue weighted by Crippen LogP contribution is -2.47. The van der Waals surface area contributed by atoms with E-state index in [1.165, 1.54) is 0 Å². The summed E-state index contributed by atoms with van der Waals surface area (Å²) in [6.07, 6.45) is 0.559. The lowest BCUT2D eigenvalue weighted by atomic mass is 10.2. The van der Waals surface area contributed by atoms with Gasteiger partial charge in [0.05, 0.1) is 6.61 Å². The Hall–Kier alpha value is -1.30. The van der Waals surface area contributed by atoms with Crippen molar-refractivity contribution in [2.45, 2.75) is 46.6 Å². The number of aliphatic carboxylic acids is 1. The fraction of sp³-hybridized carbons (Fsp3) is 0.857. The number of amides is 2. The van der Waals surface area contributed by atoms with Crippen LogP contribution in [0.2, 0.25) is 0 Å². The highest BCUT2D eigenvalue weighted by molar-refractivity contribution is 5.74. The summed E-state index contributed by atoms with van der Waals surface area (Å²) in [6, 6.07) is 0.00466. The van der Waals surface area contributed by atoms with Crippen molar-refractivity contribution in [3.8, 4) is 0 Å². The highest BCUT2D eigenvalue weighted by atomic mass is 16.5. The maximum absolute atomic E-state index is 12.4. The predicted octanol–water partition coefficient (Wildman–Crippen LogP) is 2.04. The van der Waals surface area contributed by atoms with E-state index in [-0.39, 0.29) is 18.5 Å². The van der Waals surface area contributed by atoms with Gasteiger partial charge >= 0.3 is 12.0 Å². The van der Waals surface area contributed by atoms with Gasteiger partial charge in [-0.25, -0.2) is 4.79 Å². The third-order valence-electron chi connectivity index (χ3n) is 3.02. The summed E-state index contributed by atoms with van der Waals surface area (Å²) in [7, 11) is 0. The molecule has 0 aromatic carbocycles. The standard InChI is InChI=1S/C14H28N2O4/c1-5-15(10-11-20-6-2)14(19)16(12(3)4)9-7-8-13(17)18/h12H,5-11H2,1-4H3,(H,17,18). The second kappa shape index (κ2) is 10.5. The van der Waals surface area contributed by atoms with Gasteiger partial charge < -0.3 is 19.6 Å². The Morgan fingerprint density at radius 2 is 1.85 bits per heavy atom. The predicted molar refractivity (Wildman–Crippen MR) is 77.8 cm³/mol. The first-order chi connectivity index (χ1) is 9.43. The van der Waals surface area contributed by atoms with Gasteiger partial charge in [0.1, 0.15) is 0 Å². The summed E-state index contributed by atoms with van der Waals surface area (Å²) in [5, 5.41) is 8.67. The number of carbonyl (C=O) groups excluding carboxylic acids is 1. The van der Waals surface area contributed by atoms with E-state index in [2.05, 4.69) is 0 Å². The summed E-state index contributed by atoms with van der Waals surface area (Å²) in [5.74, 6) is -0.829. The van der Waals surface area contributed by atoms with Crippen molar-refractivity contribution in [3.05, 3.63) is 0 Å². The monoisotopic (exact) mass is 288 g/mol. The van der Waals surface area contributed by atoms with Gasteiger partial charge in [-0.2, -0.15) is 0 Å². The second-order valence-corrected chi connectivity index (χ2v) is 4.84. The Bertz CT molecular complexity index is 295. The van der Waals surface area contributed by atoms with E-state index in [0.29, 0.717) is 39.3 Å². The van der Waals surface area contributed by atoms with Crippen molar-refractivity contribution in [1.82, 2.24) is 9.80 Å². The Morgan fingerprint density at radius 1 is 1.20 bits per heavy atom. The average molecular weight is 288 g/mol. The van der Waals surface area contributed by atoms with E-state index in [9.17, 15) is 9.59 Å². The zero-order valence-corrected chi connectivity index (χ0v) is 13.1. The van der Waals surface area contributed by atoms with Gasteiger partial charge in [-0.15, -0.1) is 0 Å². The van der Waals surface area contributed by atoms with Crippen LogP contribution in [0.25, 0.3) is 0 Å². The van der Waals surface area contributed by atoms with Crippen LogP contribution in [-0.4, -0.2) is 65.8 Å². The molecule has 0 atom stereocenters. The van der Waals surface area contributed by atoms with Crippen LogP contribution in [0.15, 0.2) is 0 Å². The molecule has 0 radical (unpaired) electrons. The van der Waals surface area contributed by atoms with Gasteiger partial charge in [-0.3, -0.25) is 4.79 Å². The van der Waals surface area contributed by atoms with Crippen LogP contribution in [0.1, 0.15) is 40.5 Å². The molecule has 6 heteroatoms. The molecule has 0 aliphatic carbocycles. The molecule has 0 aliphatic heterocycles. The van der Waals surface area contributed by atoms with Crippen LogP contribution in [0, 0.1) is 0 Å². The van der Waals surface area contributed by atoms with Gasteiger partial charge in [0.15, 0.2) is 0 Å². The Balaban J connectivity index is 4.46. The molecule has 0 saturated carbocycles. The zero-order valence-electron chi connectivity index (χ0n) is 13.1. The van der Waals surface area contributed by atoms with E-state index >= 15 is 0 Å². The molecule has 6 nitrogen and oxygen atoms in total. The molecule has 0 rings (SSSR count). The van der Waals surface area contributed by atoms with Gasteiger partial charge in [-0.1, -0.05) is 0 Å². The maximum Gasteiger partial charge on any atom is 0.320 e. The van der Waals surface area contributed by atoms with Gasteiger partial charge in [0.2, 0.25) is 0 Å². The number of carboxylic acids is 1. The number of urea groups is 1. The lowest BCUT2D eigenvalue weighted by Gasteiger charge is -2.32. The van der Waals surface area contributed by atoms with Gasteiger partial charge in [-0.05, 0) is 34.1 Å². The molecule has 0 saturated heterocycles. The second-order valence-electron chi connectivity index (χ2n) is 4.84. The molecule has 0 spiro atoms. The lowest BCUT2D eigenvalue weighted by molar-refractivity contribution is -0.137. The van der Waals surface area contributed by atoms with E-state index in [1.54, 1.807) is 9.80 Å². The molecule has 0 aromatic rings. The molecular formula is C14H28N2O4. The normalized spacial score (nSPS) is 10.7. The molecule has 0 unspecified atom stereocenters. The number of ether oxygens (including phenoxy) is 1. The first-order valence-electron chi connectivity index (χ1n) is 7.29. The first-order valence-corrected chi connectivity index (χ1v) is 7.29. The minimum absolute atomic E-state index is 0.0485. The highest BCUT2D eigenvalue weighted by Gasteiger charge is 2.21.